The van der Waals surface area contributed by atoms with Gasteiger partial charge in [-0.1, -0.05) is 6.92 Å². The van der Waals surface area contributed by atoms with Crippen molar-refractivity contribution in [2.75, 3.05) is 26.2 Å². The minimum Gasteiger partial charge on any atom is -0.342 e. The van der Waals surface area contributed by atoms with Crippen molar-refractivity contribution in [2.45, 2.75) is 19.8 Å². The van der Waals surface area contributed by atoms with Crippen molar-refractivity contribution >= 4 is 16.1 Å². The quantitative estimate of drug-likeness (QED) is 0.574. The van der Waals surface area contributed by atoms with Crippen molar-refractivity contribution in [3.05, 3.63) is 0 Å². The number of piperidine rings is 1. The standard InChI is InChI=1S/C10H22N4O3S/c1-8(5-11)10(15)14-4-2-3-9(7-14)6-13-18(12,16)17/h8-9,13H,2-7,11H2,1H3,(H2,12,16,17). The highest BCUT2D eigenvalue weighted by Gasteiger charge is 2.26. The molecule has 1 saturated heterocycles. The number of carbonyl (C=O) groups excluding carboxylic acids is 1. The van der Waals surface area contributed by atoms with E-state index >= 15 is 0 Å². The van der Waals surface area contributed by atoms with Gasteiger partial charge in [-0.3, -0.25) is 4.79 Å². The fraction of sp³-hybridized carbons (Fsp3) is 0.900. The Kier molecular flexibility index (Phi) is 5.51. The molecular weight excluding hydrogens is 256 g/mol. The average molecular weight is 278 g/mol. The molecule has 0 saturated carbocycles. The number of rotatable bonds is 5. The Morgan fingerprint density at radius 2 is 2.22 bits per heavy atom. The molecule has 1 aliphatic heterocycles. The fourth-order valence-corrected chi connectivity index (χ4v) is 2.55. The van der Waals surface area contributed by atoms with E-state index in [1.165, 1.54) is 0 Å². The summed E-state index contributed by atoms with van der Waals surface area (Å²) in [5, 5.41) is 4.88. The molecule has 0 bridgehead atoms. The maximum Gasteiger partial charge on any atom is 0.274 e. The second-order valence-corrected chi connectivity index (χ2v) is 6.20. The molecule has 0 aromatic heterocycles. The molecule has 18 heavy (non-hydrogen) atoms. The van der Waals surface area contributed by atoms with Crippen molar-refractivity contribution in [1.82, 2.24) is 9.62 Å². The van der Waals surface area contributed by atoms with E-state index in [9.17, 15) is 13.2 Å². The first-order valence-electron chi connectivity index (χ1n) is 6.09. The zero-order chi connectivity index (χ0) is 13.8. The third-order valence-electron chi connectivity index (χ3n) is 3.18. The van der Waals surface area contributed by atoms with Gasteiger partial charge >= 0.3 is 0 Å². The number of amides is 1. The van der Waals surface area contributed by atoms with Crippen molar-refractivity contribution in [1.29, 1.82) is 0 Å². The molecule has 0 radical (unpaired) electrons. The van der Waals surface area contributed by atoms with Crippen LogP contribution in [-0.4, -0.2) is 45.4 Å². The second kappa shape index (κ2) is 6.46. The highest BCUT2D eigenvalue weighted by molar-refractivity contribution is 7.87. The molecule has 2 atom stereocenters. The van der Waals surface area contributed by atoms with E-state index in [4.69, 9.17) is 10.9 Å². The number of carbonyl (C=O) groups is 1. The predicted octanol–water partition coefficient (Wildman–Crippen LogP) is -1.39. The molecule has 1 aliphatic rings. The largest absolute Gasteiger partial charge is 0.342 e. The molecule has 1 fully saturated rings. The van der Waals surface area contributed by atoms with Crippen LogP contribution in [0.25, 0.3) is 0 Å². The van der Waals surface area contributed by atoms with Crippen LogP contribution < -0.4 is 15.6 Å². The summed E-state index contributed by atoms with van der Waals surface area (Å²) >= 11 is 0. The molecule has 0 aromatic rings. The van der Waals surface area contributed by atoms with Crippen LogP contribution in [0.2, 0.25) is 0 Å². The summed E-state index contributed by atoms with van der Waals surface area (Å²) < 4.78 is 23.9. The van der Waals surface area contributed by atoms with Crippen LogP contribution in [-0.2, 0) is 15.0 Å². The topological polar surface area (TPSA) is 119 Å². The average Bonchev–Trinajstić information content (AvgIpc) is 2.34. The van der Waals surface area contributed by atoms with Gasteiger partial charge in [-0.05, 0) is 18.8 Å². The van der Waals surface area contributed by atoms with Crippen LogP contribution in [0, 0.1) is 11.8 Å². The van der Waals surface area contributed by atoms with Gasteiger partial charge in [0.15, 0.2) is 0 Å². The Balaban J connectivity index is 2.48. The minimum atomic E-state index is -3.66. The monoisotopic (exact) mass is 278 g/mol. The zero-order valence-corrected chi connectivity index (χ0v) is 11.4. The summed E-state index contributed by atoms with van der Waals surface area (Å²) in [6.07, 6.45) is 1.77. The Labute approximate surface area is 108 Å². The molecule has 106 valence electrons. The lowest BCUT2D eigenvalue weighted by atomic mass is 9.97. The SMILES string of the molecule is CC(CN)C(=O)N1CCCC(CNS(N)(=O)=O)C1. The summed E-state index contributed by atoms with van der Waals surface area (Å²) in [4.78, 5) is 13.7. The van der Waals surface area contributed by atoms with Crippen LogP contribution >= 0.6 is 0 Å². The van der Waals surface area contributed by atoms with E-state index in [-0.39, 0.29) is 24.3 Å². The van der Waals surface area contributed by atoms with Gasteiger partial charge < -0.3 is 10.6 Å². The molecule has 0 spiro atoms. The van der Waals surface area contributed by atoms with Crippen LogP contribution in [0.1, 0.15) is 19.8 Å². The van der Waals surface area contributed by atoms with Gasteiger partial charge in [0.05, 0.1) is 0 Å². The van der Waals surface area contributed by atoms with Gasteiger partial charge in [0.25, 0.3) is 10.2 Å². The van der Waals surface area contributed by atoms with Gasteiger partial charge in [-0.15, -0.1) is 0 Å². The summed E-state index contributed by atoms with van der Waals surface area (Å²) in [6, 6.07) is 0. The Bertz CT molecular complexity index is 385. The smallest absolute Gasteiger partial charge is 0.274 e. The van der Waals surface area contributed by atoms with E-state index in [0.717, 1.165) is 19.4 Å². The van der Waals surface area contributed by atoms with Crippen LogP contribution in [0.15, 0.2) is 0 Å². The summed E-state index contributed by atoms with van der Waals surface area (Å²) in [7, 11) is -3.66. The summed E-state index contributed by atoms with van der Waals surface area (Å²) in [6.45, 7) is 3.68. The molecule has 2 unspecified atom stereocenters. The fourth-order valence-electron chi connectivity index (χ4n) is 2.08. The van der Waals surface area contributed by atoms with Crippen LogP contribution in [0.4, 0.5) is 0 Å². The molecule has 0 aromatic carbocycles. The van der Waals surface area contributed by atoms with Gasteiger partial charge in [-0.2, -0.15) is 8.42 Å². The third-order valence-corrected chi connectivity index (χ3v) is 3.75. The van der Waals surface area contributed by atoms with Gasteiger partial charge in [0.2, 0.25) is 5.91 Å². The summed E-state index contributed by atoms with van der Waals surface area (Å²) in [5.74, 6) is -0.0289. The number of nitrogens with zero attached hydrogens (tertiary/aromatic N) is 1. The Morgan fingerprint density at radius 3 is 2.78 bits per heavy atom. The molecular formula is C10H22N4O3S. The maximum atomic E-state index is 12.0. The van der Waals surface area contributed by atoms with Crippen molar-refractivity contribution in [3.63, 3.8) is 0 Å². The van der Waals surface area contributed by atoms with Gasteiger partial charge in [-0.25, -0.2) is 9.86 Å². The molecule has 1 amide bonds. The highest BCUT2D eigenvalue weighted by atomic mass is 32.2. The second-order valence-electron chi connectivity index (χ2n) is 4.82. The van der Waals surface area contributed by atoms with Crippen molar-refractivity contribution in [3.8, 4) is 0 Å². The maximum absolute atomic E-state index is 12.0. The highest BCUT2D eigenvalue weighted by Crippen LogP contribution is 2.17. The van der Waals surface area contributed by atoms with E-state index in [0.29, 0.717) is 13.1 Å². The van der Waals surface area contributed by atoms with Crippen LogP contribution in [0.5, 0.6) is 0 Å². The Morgan fingerprint density at radius 1 is 1.56 bits per heavy atom. The van der Waals surface area contributed by atoms with Gasteiger partial charge in [0, 0.05) is 32.1 Å². The van der Waals surface area contributed by atoms with E-state index in [2.05, 4.69) is 4.72 Å². The lowest BCUT2D eigenvalue weighted by Gasteiger charge is -2.34. The number of nitrogens with one attached hydrogen (secondary N) is 1. The lowest BCUT2D eigenvalue weighted by Crippen LogP contribution is -2.47. The molecule has 1 heterocycles. The Hall–Kier alpha value is -0.700. The van der Waals surface area contributed by atoms with E-state index in [1.54, 1.807) is 11.8 Å². The predicted molar refractivity (Wildman–Crippen MR) is 68.6 cm³/mol. The number of likely N-dealkylation sites (tertiary alicyclic amines) is 1. The molecule has 1 rings (SSSR count). The minimum absolute atomic E-state index is 0.0396. The molecule has 8 heteroatoms. The first-order valence-corrected chi connectivity index (χ1v) is 7.64. The number of hydrogen-bond donors (Lipinski definition) is 3. The third kappa shape index (κ3) is 4.89. The number of nitrogens with two attached hydrogens (primary N) is 2. The number of hydrogen-bond acceptors (Lipinski definition) is 4. The lowest BCUT2D eigenvalue weighted by molar-refractivity contribution is -0.136. The van der Waals surface area contributed by atoms with Crippen LogP contribution in [0.3, 0.4) is 0 Å². The normalized spacial score (nSPS) is 22.8. The molecule has 0 aliphatic carbocycles. The first kappa shape index (κ1) is 15.4. The molecule has 7 nitrogen and oxygen atoms in total. The van der Waals surface area contributed by atoms with Gasteiger partial charge in [0.1, 0.15) is 0 Å². The van der Waals surface area contributed by atoms with Crippen molar-refractivity contribution in [2.24, 2.45) is 22.7 Å². The zero-order valence-electron chi connectivity index (χ0n) is 10.6. The first-order chi connectivity index (χ1) is 8.33. The summed E-state index contributed by atoms with van der Waals surface area (Å²) in [5.41, 5.74) is 5.47. The molecule has 5 N–H and O–H groups in total. The van der Waals surface area contributed by atoms with Crippen molar-refractivity contribution < 1.29 is 13.2 Å². The van der Waals surface area contributed by atoms with E-state index in [1.807, 2.05) is 0 Å². The van der Waals surface area contributed by atoms with E-state index < -0.39 is 10.2 Å².